The number of anilines is 1. The molecule has 6 heteroatoms. The molecule has 0 aromatic heterocycles. The van der Waals surface area contributed by atoms with Crippen LogP contribution in [0.4, 0.5) is 10.5 Å². The zero-order chi connectivity index (χ0) is 15.5. The molecule has 110 valence electrons. The van der Waals surface area contributed by atoms with Crippen LogP contribution in [0.5, 0.6) is 0 Å². The Balaban J connectivity index is 2.02. The predicted molar refractivity (Wildman–Crippen MR) is 76.9 cm³/mol. The third-order valence-electron chi connectivity index (χ3n) is 3.54. The molecule has 1 heterocycles. The SMILES string of the molecule is C#Cc1cccc(NC(=O)NC2COCC2(C)C(=O)O)c1. The summed E-state index contributed by atoms with van der Waals surface area (Å²) >= 11 is 0. The van der Waals surface area contributed by atoms with E-state index in [1.165, 1.54) is 0 Å². The molecule has 1 fully saturated rings. The molecule has 2 atom stereocenters. The molecule has 1 aromatic rings. The van der Waals surface area contributed by atoms with Gasteiger partial charge < -0.3 is 20.5 Å². The first-order valence-corrected chi connectivity index (χ1v) is 6.41. The van der Waals surface area contributed by atoms with Gasteiger partial charge in [-0.3, -0.25) is 4.79 Å². The number of carbonyl (C=O) groups is 2. The third kappa shape index (κ3) is 3.15. The number of rotatable bonds is 3. The van der Waals surface area contributed by atoms with Crippen LogP contribution in [0.25, 0.3) is 0 Å². The number of carboxylic acid groups (broad SMARTS) is 1. The van der Waals surface area contributed by atoms with Gasteiger partial charge in [0.15, 0.2) is 0 Å². The highest BCUT2D eigenvalue weighted by molar-refractivity contribution is 5.90. The molecule has 1 aliphatic heterocycles. The maximum atomic E-state index is 12.0. The molecule has 2 amide bonds. The van der Waals surface area contributed by atoms with E-state index in [-0.39, 0.29) is 13.2 Å². The summed E-state index contributed by atoms with van der Waals surface area (Å²) in [5.74, 6) is 1.47. The quantitative estimate of drug-likeness (QED) is 0.731. The summed E-state index contributed by atoms with van der Waals surface area (Å²) in [6.07, 6.45) is 5.29. The van der Waals surface area contributed by atoms with Crippen molar-refractivity contribution in [2.24, 2.45) is 5.41 Å². The minimum absolute atomic E-state index is 0.0693. The lowest BCUT2D eigenvalue weighted by Gasteiger charge is -2.25. The predicted octanol–water partition coefficient (Wildman–Crippen LogP) is 1.28. The molecule has 0 aliphatic carbocycles. The molecular formula is C15H16N2O4. The van der Waals surface area contributed by atoms with E-state index in [4.69, 9.17) is 11.2 Å². The lowest BCUT2D eigenvalue weighted by atomic mass is 9.85. The zero-order valence-electron chi connectivity index (χ0n) is 11.6. The van der Waals surface area contributed by atoms with Crippen molar-refractivity contribution in [3.05, 3.63) is 29.8 Å². The summed E-state index contributed by atoms with van der Waals surface area (Å²) in [6, 6.07) is 5.74. The fourth-order valence-corrected chi connectivity index (χ4v) is 2.10. The van der Waals surface area contributed by atoms with Crippen LogP contribution in [0.15, 0.2) is 24.3 Å². The zero-order valence-corrected chi connectivity index (χ0v) is 11.6. The second-order valence-electron chi connectivity index (χ2n) is 5.11. The van der Waals surface area contributed by atoms with Gasteiger partial charge in [0.05, 0.1) is 19.3 Å². The maximum Gasteiger partial charge on any atom is 0.319 e. The van der Waals surface area contributed by atoms with Crippen LogP contribution in [0.2, 0.25) is 0 Å². The highest BCUT2D eigenvalue weighted by Crippen LogP contribution is 2.28. The molecule has 0 radical (unpaired) electrons. The van der Waals surface area contributed by atoms with Gasteiger partial charge >= 0.3 is 12.0 Å². The fourth-order valence-electron chi connectivity index (χ4n) is 2.10. The summed E-state index contributed by atoms with van der Waals surface area (Å²) in [6.45, 7) is 1.78. The van der Waals surface area contributed by atoms with E-state index in [9.17, 15) is 14.7 Å². The Bertz CT molecular complexity index is 608. The highest BCUT2D eigenvalue weighted by Gasteiger charge is 2.47. The van der Waals surface area contributed by atoms with Gasteiger partial charge in [-0.15, -0.1) is 6.42 Å². The Kier molecular flexibility index (Phi) is 4.15. The number of carboxylic acids is 1. The first-order valence-electron chi connectivity index (χ1n) is 6.41. The van der Waals surface area contributed by atoms with Gasteiger partial charge in [-0.05, 0) is 25.1 Å². The van der Waals surface area contributed by atoms with Crippen LogP contribution in [0.1, 0.15) is 12.5 Å². The van der Waals surface area contributed by atoms with Gasteiger partial charge in [0.2, 0.25) is 0 Å². The summed E-state index contributed by atoms with van der Waals surface area (Å²) < 4.78 is 5.17. The number of terminal acetylenes is 1. The summed E-state index contributed by atoms with van der Waals surface area (Å²) in [5, 5.41) is 14.5. The Morgan fingerprint density at radius 3 is 2.95 bits per heavy atom. The van der Waals surface area contributed by atoms with Crippen LogP contribution < -0.4 is 10.6 Å². The van der Waals surface area contributed by atoms with Crippen molar-refractivity contribution in [3.63, 3.8) is 0 Å². The molecule has 0 spiro atoms. The van der Waals surface area contributed by atoms with Crippen molar-refractivity contribution in [3.8, 4) is 12.3 Å². The number of aliphatic carboxylic acids is 1. The van der Waals surface area contributed by atoms with Gasteiger partial charge in [0, 0.05) is 11.3 Å². The van der Waals surface area contributed by atoms with Crippen LogP contribution >= 0.6 is 0 Å². The third-order valence-corrected chi connectivity index (χ3v) is 3.54. The molecule has 21 heavy (non-hydrogen) atoms. The van der Waals surface area contributed by atoms with E-state index < -0.39 is 23.5 Å². The van der Waals surface area contributed by atoms with E-state index in [1.54, 1.807) is 31.2 Å². The Morgan fingerprint density at radius 2 is 2.29 bits per heavy atom. The van der Waals surface area contributed by atoms with E-state index >= 15 is 0 Å². The molecule has 6 nitrogen and oxygen atoms in total. The number of benzene rings is 1. The second-order valence-corrected chi connectivity index (χ2v) is 5.11. The van der Waals surface area contributed by atoms with Crippen molar-refractivity contribution in [1.82, 2.24) is 5.32 Å². The molecule has 0 saturated carbocycles. The Morgan fingerprint density at radius 1 is 1.52 bits per heavy atom. The first kappa shape index (κ1) is 14.9. The average Bonchev–Trinajstić information content (AvgIpc) is 2.81. The normalized spacial score (nSPS) is 24.1. The van der Waals surface area contributed by atoms with Crippen molar-refractivity contribution >= 4 is 17.7 Å². The lowest BCUT2D eigenvalue weighted by molar-refractivity contribution is -0.148. The van der Waals surface area contributed by atoms with Crippen LogP contribution in [-0.2, 0) is 9.53 Å². The van der Waals surface area contributed by atoms with Crippen molar-refractivity contribution in [2.75, 3.05) is 18.5 Å². The van der Waals surface area contributed by atoms with Gasteiger partial charge in [-0.1, -0.05) is 12.0 Å². The standard InChI is InChI=1S/C15H16N2O4/c1-3-10-5-4-6-11(7-10)16-14(20)17-12-8-21-9-15(12,2)13(18)19/h1,4-7,12H,8-9H2,2H3,(H,18,19)(H2,16,17,20). The van der Waals surface area contributed by atoms with E-state index in [0.717, 1.165) is 0 Å². The van der Waals surface area contributed by atoms with Crippen LogP contribution in [0, 0.1) is 17.8 Å². The minimum atomic E-state index is -1.13. The highest BCUT2D eigenvalue weighted by atomic mass is 16.5. The fraction of sp³-hybridized carbons (Fsp3) is 0.333. The second kappa shape index (κ2) is 5.85. The molecule has 3 N–H and O–H groups in total. The van der Waals surface area contributed by atoms with Gasteiger partial charge in [0.25, 0.3) is 0 Å². The largest absolute Gasteiger partial charge is 0.481 e. The molecular weight excluding hydrogens is 272 g/mol. The minimum Gasteiger partial charge on any atom is -0.481 e. The Labute approximate surface area is 122 Å². The van der Waals surface area contributed by atoms with Crippen molar-refractivity contribution < 1.29 is 19.4 Å². The number of amides is 2. The van der Waals surface area contributed by atoms with Gasteiger partial charge in [-0.25, -0.2) is 4.79 Å². The monoisotopic (exact) mass is 288 g/mol. The maximum absolute atomic E-state index is 12.0. The van der Waals surface area contributed by atoms with Gasteiger partial charge in [-0.2, -0.15) is 0 Å². The van der Waals surface area contributed by atoms with E-state index in [2.05, 4.69) is 16.6 Å². The van der Waals surface area contributed by atoms with Crippen LogP contribution in [-0.4, -0.2) is 36.4 Å². The van der Waals surface area contributed by atoms with Crippen LogP contribution in [0.3, 0.4) is 0 Å². The molecule has 1 aromatic carbocycles. The first-order chi connectivity index (χ1) is 9.95. The smallest absolute Gasteiger partial charge is 0.319 e. The Hall–Kier alpha value is -2.52. The number of nitrogens with one attached hydrogen (secondary N) is 2. The molecule has 2 unspecified atom stereocenters. The van der Waals surface area contributed by atoms with E-state index in [0.29, 0.717) is 11.3 Å². The number of urea groups is 1. The topological polar surface area (TPSA) is 87.7 Å². The average molecular weight is 288 g/mol. The van der Waals surface area contributed by atoms with E-state index in [1.807, 2.05) is 0 Å². The van der Waals surface area contributed by atoms with Gasteiger partial charge in [0.1, 0.15) is 5.41 Å². The molecule has 2 rings (SSSR count). The van der Waals surface area contributed by atoms with Crippen molar-refractivity contribution in [1.29, 1.82) is 0 Å². The number of ether oxygens (including phenoxy) is 1. The lowest BCUT2D eigenvalue weighted by Crippen LogP contribution is -2.50. The summed E-state index contributed by atoms with van der Waals surface area (Å²) in [5.41, 5.74) is 0.0594. The molecule has 1 saturated heterocycles. The van der Waals surface area contributed by atoms with Crippen molar-refractivity contribution in [2.45, 2.75) is 13.0 Å². The number of carbonyl (C=O) groups excluding carboxylic acids is 1. The summed E-state index contributed by atoms with van der Waals surface area (Å²) in [7, 11) is 0. The number of hydrogen-bond acceptors (Lipinski definition) is 3. The number of hydrogen-bond donors (Lipinski definition) is 3. The summed E-state index contributed by atoms with van der Waals surface area (Å²) in [4.78, 5) is 23.2. The molecule has 1 aliphatic rings. The molecule has 0 bridgehead atoms.